The third kappa shape index (κ3) is 5.47. The third-order valence-electron chi connectivity index (χ3n) is 6.59. The van der Waals surface area contributed by atoms with Crippen molar-refractivity contribution < 1.29 is 15.3 Å². The molecule has 0 saturated heterocycles. The number of hydrogen-bond acceptors (Lipinski definition) is 3. The predicted octanol–water partition coefficient (Wildman–Crippen LogP) is 6.69. The number of rotatable bonds is 6. The highest BCUT2D eigenvalue weighted by atomic mass is 17.1. The molecule has 1 aromatic rings. The smallest absolute Gasteiger partial charge is 0.115 e. The molecule has 3 heteroatoms. The van der Waals surface area contributed by atoms with E-state index >= 15 is 0 Å². The van der Waals surface area contributed by atoms with Crippen molar-refractivity contribution in [3.63, 3.8) is 0 Å². The van der Waals surface area contributed by atoms with Gasteiger partial charge in [0.1, 0.15) is 5.75 Å². The van der Waals surface area contributed by atoms with Crippen LogP contribution in [0.4, 0.5) is 0 Å². The summed E-state index contributed by atoms with van der Waals surface area (Å²) in [6.07, 6.45) is 12.7. The number of phenolic OH excluding ortho intramolecular Hbond substituents is 1. The van der Waals surface area contributed by atoms with Crippen LogP contribution < -0.4 is 0 Å². The molecule has 3 unspecified atom stereocenters. The molecule has 2 aliphatic carbocycles. The van der Waals surface area contributed by atoms with E-state index in [1.165, 1.54) is 49.7 Å². The Balaban J connectivity index is 0.000000352. The number of hydrogen-bond donors (Lipinski definition) is 2. The maximum Gasteiger partial charge on any atom is 0.115 e. The van der Waals surface area contributed by atoms with Crippen LogP contribution in [0, 0.1) is 11.3 Å². The van der Waals surface area contributed by atoms with E-state index in [1.54, 1.807) is 0 Å². The summed E-state index contributed by atoms with van der Waals surface area (Å²) >= 11 is 0. The molecular formula is C23H38O3. The van der Waals surface area contributed by atoms with Gasteiger partial charge >= 0.3 is 0 Å². The molecule has 0 aliphatic heterocycles. The monoisotopic (exact) mass is 362 g/mol. The SMILES string of the molecule is CCCCOO.CCCc1cc(O)ccc1C1CCC2(C)CCCC2C1. The van der Waals surface area contributed by atoms with Crippen LogP contribution in [0.5, 0.6) is 5.75 Å². The van der Waals surface area contributed by atoms with Crippen molar-refractivity contribution in [1.29, 1.82) is 0 Å². The lowest BCUT2D eigenvalue weighted by Crippen LogP contribution is -2.29. The minimum absolute atomic E-state index is 0.429. The first-order valence-corrected chi connectivity index (χ1v) is 10.6. The van der Waals surface area contributed by atoms with Gasteiger partial charge in [-0.05, 0) is 85.5 Å². The number of unbranched alkanes of at least 4 members (excludes halogenated alkanes) is 1. The van der Waals surface area contributed by atoms with Gasteiger partial charge in [0.15, 0.2) is 0 Å². The fourth-order valence-corrected chi connectivity index (χ4v) is 4.97. The molecule has 2 saturated carbocycles. The zero-order valence-corrected chi connectivity index (χ0v) is 17.0. The van der Waals surface area contributed by atoms with Crippen LogP contribution in [0.25, 0.3) is 0 Å². The number of fused-ring (bicyclic) bond motifs is 1. The van der Waals surface area contributed by atoms with Crippen molar-refractivity contribution in [2.45, 2.75) is 90.9 Å². The van der Waals surface area contributed by atoms with E-state index in [4.69, 9.17) is 5.26 Å². The molecule has 2 fully saturated rings. The van der Waals surface area contributed by atoms with Gasteiger partial charge in [-0.3, -0.25) is 5.26 Å². The number of benzene rings is 1. The molecule has 3 nitrogen and oxygen atoms in total. The van der Waals surface area contributed by atoms with E-state index in [1.807, 2.05) is 19.1 Å². The Morgan fingerprint density at radius 2 is 1.96 bits per heavy atom. The summed E-state index contributed by atoms with van der Waals surface area (Å²) in [4.78, 5) is 3.78. The van der Waals surface area contributed by atoms with Crippen molar-refractivity contribution in [1.82, 2.24) is 0 Å². The molecule has 3 atom stereocenters. The molecule has 3 rings (SSSR count). The molecule has 148 valence electrons. The topological polar surface area (TPSA) is 49.7 Å². The maximum absolute atomic E-state index is 9.75. The van der Waals surface area contributed by atoms with E-state index in [2.05, 4.69) is 24.8 Å². The van der Waals surface area contributed by atoms with Gasteiger partial charge in [0.25, 0.3) is 0 Å². The number of aryl methyl sites for hydroxylation is 1. The molecule has 26 heavy (non-hydrogen) atoms. The Hall–Kier alpha value is -1.06. The van der Waals surface area contributed by atoms with Crippen LogP contribution in [0.3, 0.4) is 0 Å². The molecule has 2 aliphatic rings. The molecular weight excluding hydrogens is 324 g/mol. The van der Waals surface area contributed by atoms with Gasteiger partial charge in [0, 0.05) is 0 Å². The highest BCUT2D eigenvalue weighted by Crippen LogP contribution is 2.55. The average Bonchev–Trinajstić information content (AvgIpc) is 3.01. The normalized spacial score (nSPS) is 27.5. The van der Waals surface area contributed by atoms with Crippen LogP contribution >= 0.6 is 0 Å². The Morgan fingerprint density at radius 3 is 2.62 bits per heavy atom. The van der Waals surface area contributed by atoms with E-state index in [0.29, 0.717) is 17.8 Å². The lowest BCUT2D eigenvalue weighted by atomic mass is 9.64. The third-order valence-corrected chi connectivity index (χ3v) is 6.59. The van der Waals surface area contributed by atoms with E-state index < -0.39 is 0 Å². The molecule has 0 aromatic heterocycles. The van der Waals surface area contributed by atoms with Gasteiger partial charge in [-0.1, -0.05) is 46.1 Å². The summed E-state index contributed by atoms with van der Waals surface area (Å²) in [6, 6.07) is 6.08. The number of phenols is 1. The van der Waals surface area contributed by atoms with Gasteiger partial charge in [-0.25, -0.2) is 4.89 Å². The van der Waals surface area contributed by atoms with Crippen LogP contribution in [-0.2, 0) is 11.3 Å². The summed E-state index contributed by atoms with van der Waals surface area (Å²) in [5, 5.41) is 17.5. The van der Waals surface area contributed by atoms with Crippen molar-refractivity contribution in [3.8, 4) is 5.75 Å². The average molecular weight is 363 g/mol. The predicted molar refractivity (Wildman–Crippen MR) is 108 cm³/mol. The first kappa shape index (κ1) is 21.2. The summed E-state index contributed by atoms with van der Waals surface area (Å²) in [6.45, 7) is 7.25. The molecule has 2 N–H and O–H groups in total. The Kier molecular flexibility index (Phi) is 8.43. The minimum Gasteiger partial charge on any atom is -0.508 e. The molecule has 0 heterocycles. The highest BCUT2D eigenvalue weighted by Gasteiger charge is 2.43. The lowest BCUT2D eigenvalue weighted by Gasteiger charge is -2.41. The van der Waals surface area contributed by atoms with Gasteiger partial charge in [-0.2, -0.15) is 0 Å². The first-order valence-electron chi connectivity index (χ1n) is 10.6. The Morgan fingerprint density at radius 1 is 1.15 bits per heavy atom. The number of aromatic hydroxyl groups is 1. The zero-order chi connectivity index (χ0) is 19.0. The van der Waals surface area contributed by atoms with Crippen molar-refractivity contribution in [2.75, 3.05) is 6.61 Å². The van der Waals surface area contributed by atoms with E-state index in [0.717, 1.165) is 37.5 Å². The molecule has 0 bridgehead atoms. The molecule has 0 amide bonds. The lowest BCUT2D eigenvalue weighted by molar-refractivity contribution is -0.242. The van der Waals surface area contributed by atoms with Gasteiger partial charge in [0.05, 0.1) is 6.61 Å². The second-order valence-electron chi connectivity index (χ2n) is 8.53. The van der Waals surface area contributed by atoms with E-state index in [-0.39, 0.29) is 0 Å². The van der Waals surface area contributed by atoms with Gasteiger partial charge < -0.3 is 5.11 Å². The largest absolute Gasteiger partial charge is 0.508 e. The van der Waals surface area contributed by atoms with Crippen molar-refractivity contribution >= 4 is 0 Å². The van der Waals surface area contributed by atoms with Crippen LogP contribution in [-0.4, -0.2) is 17.0 Å². The minimum atomic E-state index is 0.429. The molecule has 1 aromatic carbocycles. The van der Waals surface area contributed by atoms with E-state index in [9.17, 15) is 5.11 Å². The Bertz CT molecular complexity index is 538. The zero-order valence-electron chi connectivity index (χ0n) is 17.0. The van der Waals surface area contributed by atoms with Crippen LogP contribution in [0.1, 0.15) is 95.6 Å². The van der Waals surface area contributed by atoms with Gasteiger partial charge in [-0.15, -0.1) is 0 Å². The fraction of sp³-hybridized carbons (Fsp3) is 0.739. The van der Waals surface area contributed by atoms with Gasteiger partial charge in [0.2, 0.25) is 0 Å². The summed E-state index contributed by atoms with van der Waals surface area (Å²) in [5.74, 6) is 2.09. The van der Waals surface area contributed by atoms with Crippen molar-refractivity contribution in [3.05, 3.63) is 29.3 Å². The second kappa shape index (κ2) is 10.3. The first-order chi connectivity index (χ1) is 12.5. The molecule has 0 spiro atoms. The summed E-state index contributed by atoms with van der Waals surface area (Å²) in [7, 11) is 0. The summed E-state index contributed by atoms with van der Waals surface area (Å²) in [5.41, 5.74) is 3.55. The standard InChI is InChI=1S/C19H28O.C4H10O2/c1-3-5-14-13-17(20)7-8-18(14)15-9-11-19(2)10-4-6-16(19)12-15;1-2-3-4-6-5/h7-8,13,15-16,20H,3-6,9-12H2,1-2H3;5H,2-4H2,1H3. The fourth-order valence-electron chi connectivity index (χ4n) is 4.97. The van der Waals surface area contributed by atoms with Crippen LogP contribution in [0.2, 0.25) is 0 Å². The quantitative estimate of drug-likeness (QED) is 0.336. The second-order valence-corrected chi connectivity index (χ2v) is 8.53. The summed E-state index contributed by atoms with van der Waals surface area (Å²) < 4.78 is 0. The van der Waals surface area contributed by atoms with Crippen molar-refractivity contribution in [2.24, 2.45) is 11.3 Å². The highest BCUT2D eigenvalue weighted by molar-refractivity contribution is 5.37. The maximum atomic E-state index is 9.75. The van der Waals surface area contributed by atoms with Crippen LogP contribution in [0.15, 0.2) is 18.2 Å². The molecule has 0 radical (unpaired) electrons. The Labute approximate surface area is 159 Å².